The maximum atomic E-state index is 12.2. The van der Waals surface area contributed by atoms with E-state index in [1.165, 1.54) is 12.1 Å². The van der Waals surface area contributed by atoms with Crippen LogP contribution in [-0.2, 0) is 9.59 Å². The fourth-order valence-electron chi connectivity index (χ4n) is 2.30. The number of aliphatic imine (C=N–C) groups is 1. The van der Waals surface area contributed by atoms with E-state index in [2.05, 4.69) is 10.3 Å². The smallest absolute Gasteiger partial charge is 0.341 e. The molecule has 0 bridgehead atoms. The van der Waals surface area contributed by atoms with Crippen LogP contribution in [0.3, 0.4) is 0 Å². The summed E-state index contributed by atoms with van der Waals surface area (Å²) in [6, 6.07) is 12.8. The van der Waals surface area contributed by atoms with Crippen LogP contribution >= 0.6 is 11.8 Å². The summed E-state index contributed by atoms with van der Waals surface area (Å²) in [6.45, 7) is -0.457. The van der Waals surface area contributed by atoms with Crippen molar-refractivity contribution in [3.05, 3.63) is 64.6 Å². The van der Waals surface area contributed by atoms with Gasteiger partial charge in [-0.2, -0.15) is 0 Å². The summed E-state index contributed by atoms with van der Waals surface area (Å²) in [4.78, 5) is 38.4. The molecule has 2 aromatic carbocycles. The first kappa shape index (κ1) is 19.2. The quantitative estimate of drug-likeness (QED) is 0.639. The maximum absolute atomic E-state index is 12.2. The molecule has 0 saturated carbocycles. The molecule has 0 spiro atoms. The van der Waals surface area contributed by atoms with Crippen molar-refractivity contribution in [2.75, 3.05) is 6.61 Å². The highest BCUT2D eigenvalue weighted by molar-refractivity contribution is 8.18. The van der Waals surface area contributed by atoms with Crippen LogP contribution in [0.4, 0.5) is 5.69 Å². The van der Waals surface area contributed by atoms with E-state index in [0.29, 0.717) is 27.1 Å². The third kappa shape index (κ3) is 4.98. The Morgan fingerprint density at radius 1 is 1.14 bits per heavy atom. The number of ether oxygens (including phenoxy) is 1. The second-order valence-electron chi connectivity index (χ2n) is 5.59. The van der Waals surface area contributed by atoms with Crippen LogP contribution in [0.1, 0.15) is 15.9 Å². The standard InChI is InChI=1S/C19H14N2O6S/c22-16(23)10-27-14-6-1-3-11(7-14)8-15-17(24)21-19(28-15)20-13-5-2-4-12(9-13)18(25)26/h1-9H,10H2,(H,22,23)(H,25,26)(H,20,21,24)/b15-8-. The summed E-state index contributed by atoms with van der Waals surface area (Å²) in [5, 5.41) is 20.7. The summed E-state index contributed by atoms with van der Waals surface area (Å²) >= 11 is 1.11. The summed E-state index contributed by atoms with van der Waals surface area (Å²) in [5.41, 5.74) is 1.17. The Morgan fingerprint density at radius 3 is 2.68 bits per heavy atom. The van der Waals surface area contributed by atoms with Crippen molar-refractivity contribution in [2.45, 2.75) is 0 Å². The molecule has 3 N–H and O–H groups in total. The fourth-order valence-corrected chi connectivity index (χ4v) is 3.14. The van der Waals surface area contributed by atoms with E-state index in [9.17, 15) is 14.4 Å². The van der Waals surface area contributed by atoms with Gasteiger partial charge in [-0.1, -0.05) is 18.2 Å². The summed E-state index contributed by atoms with van der Waals surface area (Å²) in [6.07, 6.45) is 1.63. The van der Waals surface area contributed by atoms with Gasteiger partial charge in [-0.15, -0.1) is 0 Å². The molecular formula is C19H14N2O6S. The van der Waals surface area contributed by atoms with Gasteiger partial charge >= 0.3 is 11.9 Å². The third-order valence-corrected chi connectivity index (χ3v) is 4.40. The Labute approximate surface area is 163 Å². The van der Waals surface area contributed by atoms with Gasteiger partial charge in [0.1, 0.15) is 5.75 Å². The molecule has 1 aliphatic rings. The Morgan fingerprint density at radius 2 is 1.93 bits per heavy atom. The second-order valence-corrected chi connectivity index (χ2v) is 6.62. The lowest BCUT2D eigenvalue weighted by Gasteiger charge is -2.03. The van der Waals surface area contributed by atoms with Crippen molar-refractivity contribution in [1.82, 2.24) is 5.32 Å². The molecule has 0 unspecified atom stereocenters. The van der Waals surface area contributed by atoms with Gasteiger partial charge in [0.25, 0.3) is 5.91 Å². The minimum atomic E-state index is -1.08. The number of hydrogen-bond donors (Lipinski definition) is 3. The van der Waals surface area contributed by atoms with Gasteiger partial charge in [0.05, 0.1) is 16.2 Å². The number of nitrogens with zero attached hydrogens (tertiary/aromatic N) is 1. The van der Waals surface area contributed by atoms with Crippen molar-refractivity contribution in [3.63, 3.8) is 0 Å². The number of nitrogens with one attached hydrogen (secondary N) is 1. The van der Waals surface area contributed by atoms with Crippen molar-refractivity contribution in [3.8, 4) is 5.75 Å². The lowest BCUT2D eigenvalue weighted by atomic mass is 10.2. The number of benzene rings is 2. The monoisotopic (exact) mass is 398 g/mol. The van der Waals surface area contributed by atoms with Crippen LogP contribution in [0.15, 0.2) is 58.4 Å². The van der Waals surface area contributed by atoms with Gasteiger partial charge in [-0.25, -0.2) is 14.6 Å². The zero-order valence-corrected chi connectivity index (χ0v) is 15.1. The molecule has 1 fully saturated rings. The second kappa shape index (κ2) is 8.40. The first-order valence-electron chi connectivity index (χ1n) is 7.98. The average molecular weight is 398 g/mol. The minimum absolute atomic E-state index is 0.102. The minimum Gasteiger partial charge on any atom is -0.482 e. The molecule has 9 heteroatoms. The highest BCUT2D eigenvalue weighted by atomic mass is 32.2. The Balaban J connectivity index is 1.77. The molecule has 142 valence electrons. The number of rotatable bonds is 6. The summed E-state index contributed by atoms with van der Waals surface area (Å²) in [7, 11) is 0. The van der Waals surface area contributed by atoms with Crippen LogP contribution < -0.4 is 10.1 Å². The van der Waals surface area contributed by atoms with Crippen molar-refractivity contribution in [2.24, 2.45) is 4.99 Å². The Bertz CT molecular complexity index is 1010. The highest BCUT2D eigenvalue weighted by Crippen LogP contribution is 2.29. The molecule has 0 atom stereocenters. The largest absolute Gasteiger partial charge is 0.482 e. The van der Waals surface area contributed by atoms with Crippen LogP contribution in [0.2, 0.25) is 0 Å². The van der Waals surface area contributed by atoms with E-state index in [1.807, 2.05) is 0 Å². The molecule has 1 amide bonds. The van der Waals surface area contributed by atoms with E-state index in [1.54, 1.807) is 42.5 Å². The molecule has 0 aromatic heterocycles. The average Bonchev–Trinajstić information content (AvgIpc) is 2.99. The van der Waals surface area contributed by atoms with Crippen molar-refractivity contribution >= 4 is 46.5 Å². The van der Waals surface area contributed by atoms with Crippen molar-refractivity contribution in [1.29, 1.82) is 0 Å². The van der Waals surface area contributed by atoms with Gasteiger partial charge in [0.15, 0.2) is 11.8 Å². The number of carbonyl (C=O) groups excluding carboxylic acids is 1. The normalized spacial score (nSPS) is 16.2. The lowest BCUT2D eigenvalue weighted by Crippen LogP contribution is -2.19. The zero-order chi connectivity index (χ0) is 20.1. The Kier molecular flexibility index (Phi) is 5.75. The number of hydrogen-bond acceptors (Lipinski definition) is 6. The third-order valence-electron chi connectivity index (χ3n) is 3.49. The molecule has 1 heterocycles. The summed E-state index contributed by atoms with van der Waals surface area (Å²) in [5.74, 6) is -2.10. The number of aromatic carboxylic acids is 1. The number of carbonyl (C=O) groups is 3. The number of amides is 1. The molecule has 28 heavy (non-hydrogen) atoms. The van der Waals surface area contributed by atoms with Gasteiger partial charge in [-0.05, 0) is 53.7 Å². The number of aliphatic carboxylic acids is 1. The fraction of sp³-hybridized carbons (Fsp3) is 0.0526. The molecule has 0 radical (unpaired) electrons. The molecule has 8 nitrogen and oxygen atoms in total. The van der Waals surface area contributed by atoms with Gasteiger partial charge in [0, 0.05) is 0 Å². The van der Waals surface area contributed by atoms with Crippen LogP contribution in [0.25, 0.3) is 6.08 Å². The molecule has 3 rings (SSSR count). The van der Waals surface area contributed by atoms with Gasteiger partial charge in [-0.3, -0.25) is 4.79 Å². The topological polar surface area (TPSA) is 125 Å². The molecule has 1 aliphatic heterocycles. The molecule has 2 aromatic rings. The number of carboxylic acid groups (broad SMARTS) is 2. The van der Waals surface area contributed by atoms with Crippen LogP contribution in [0.5, 0.6) is 5.75 Å². The molecular weight excluding hydrogens is 384 g/mol. The van der Waals surface area contributed by atoms with E-state index >= 15 is 0 Å². The number of carboxylic acids is 2. The van der Waals surface area contributed by atoms with E-state index < -0.39 is 18.5 Å². The van der Waals surface area contributed by atoms with Crippen LogP contribution in [0, 0.1) is 0 Å². The van der Waals surface area contributed by atoms with Gasteiger partial charge < -0.3 is 20.3 Å². The van der Waals surface area contributed by atoms with Crippen molar-refractivity contribution < 1.29 is 29.3 Å². The molecule has 0 aliphatic carbocycles. The predicted molar refractivity (Wildman–Crippen MR) is 104 cm³/mol. The number of amidine groups is 1. The highest BCUT2D eigenvalue weighted by Gasteiger charge is 2.24. The zero-order valence-electron chi connectivity index (χ0n) is 14.3. The van der Waals surface area contributed by atoms with E-state index in [-0.39, 0.29) is 11.5 Å². The van der Waals surface area contributed by atoms with E-state index in [4.69, 9.17) is 14.9 Å². The Hall–Kier alpha value is -3.59. The summed E-state index contributed by atoms with van der Waals surface area (Å²) < 4.78 is 5.12. The first-order valence-corrected chi connectivity index (χ1v) is 8.80. The van der Waals surface area contributed by atoms with Gasteiger partial charge in [0.2, 0.25) is 0 Å². The first-order chi connectivity index (χ1) is 13.4. The van der Waals surface area contributed by atoms with E-state index in [0.717, 1.165) is 11.8 Å². The SMILES string of the molecule is O=C(O)COc1cccc(/C=C2\SC(=Nc3cccc(C(=O)O)c3)NC2=O)c1. The lowest BCUT2D eigenvalue weighted by molar-refractivity contribution is -0.139. The van der Waals surface area contributed by atoms with Crippen LogP contribution in [-0.4, -0.2) is 39.8 Å². The molecule has 1 saturated heterocycles. The number of thioether (sulfide) groups is 1. The predicted octanol–water partition coefficient (Wildman–Crippen LogP) is 2.74. The maximum Gasteiger partial charge on any atom is 0.341 e.